The van der Waals surface area contributed by atoms with Crippen molar-refractivity contribution in [3.05, 3.63) is 32.6 Å². The zero-order valence-corrected chi connectivity index (χ0v) is 19.7. The lowest BCUT2D eigenvalue weighted by Crippen LogP contribution is -2.45. The molecule has 0 amide bonds. The van der Waals surface area contributed by atoms with Crippen molar-refractivity contribution >= 4 is 24.6 Å². The number of ether oxygens (including phenoxy) is 1. The van der Waals surface area contributed by atoms with Gasteiger partial charge in [0, 0.05) is 24.4 Å². The fourth-order valence-electron chi connectivity index (χ4n) is 2.84. The number of aromatic nitrogens is 2. The molecule has 0 radical (unpaired) electrons. The van der Waals surface area contributed by atoms with Gasteiger partial charge in [-0.3, -0.25) is 28.2 Å². The Balaban J connectivity index is 2.20. The first-order chi connectivity index (χ1) is 14.9. The average Bonchev–Trinajstić information content (AvgIpc) is 2.97. The number of aliphatic hydroxyl groups excluding tert-OH is 1. The molecular weight excluding hydrogens is 468 g/mol. The Kier molecular flexibility index (Phi) is 8.63. The van der Waals surface area contributed by atoms with Gasteiger partial charge in [0.2, 0.25) is 5.67 Å². The summed E-state index contributed by atoms with van der Waals surface area (Å²) in [6.07, 6.45) is 1.23. The molecule has 1 saturated heterocycles. The van der Waals surface area contributed by atoms with E-state index in [2.05, 4.69) is 0 Å². The van der Waals surface area contributed by atoms with Crippen LogP contribution in [-0.2, 0) is 23.1 Å². The third-order valence-electron chi connectivity index (χ3n) is 4.60. The number of alkyl halides is 1. The number of aryl methyl sites for hydroxylation is 1. The molecular formula is C18H25FN3O8PS. The summed E-state index contributed by atoms with van der Waals surface area (Å²) in [5, 5.41) is 10.3. The van der Waals surface area contributed by atoms with E-state index >= 15 is 4.39 Å². The van der Waals surface area contributed by atoms with Crippen LogP contribution in [0.25, 0.3) is 0 Å². The summed E-state index contributed by atoms with van der Waals surface area (Å²) in [7, 11) is -1.01. The monoisotopic (exact) mass is 493 g/mol. The van der Waals surface area contributed by atoms with Crippen LogP contribution < -0.4 is 11.2 Å². The van der Waals surface area contributed by atoms with E-state index in [-0.39, 0.29) is 23.0 Å². The summed E-state index contributed by atoms with van der Waals surface area (Å²) in [6.45, 7) is 2.12. The van der Waals surface area contributed by atoms with Crippen molar-refractivity contribution in [1.29, 1.82) is 0 Å². The van der Waals surface area contributed by atoms with Gasteiger partial charge in [-0.15, -0.1) is 6.42 Å². The van der Waals surface area contributed by atoms with Crippen LogP contribution >= 0.6 is 19.5 Å². The second kappa shape index (κ2) is 10.4. The number of terminal acetylenes is 1. The molecule has 0 saturated carbocycles. The van der Waals surface area contributed by atoms with Crippen LogP contribution in [0.1, 0.15) is 18.7 Å². The number of halogens is 1. The first kappa shape index (κ1) is 26.5. The highest BCUT2D eigenvalue weighted by Crippen LogP contribution is 2.51. The van der Waals surface area contributed by atoms with Gasteiger partial charge in [0.1, 0.15) is 12.2 Å². The minimum atomic E-state index is -3.87. The van der Waals surface area contributed by atoms with Crippen LogP contribution in [0.3, 0.4) is 0 Å². The van der Waals surface area contributed by atoms with E-state index in [1.54, 1.807) is 0 Å². The van der Waals surface area contributed by atoms with Crippen molar-refractivity contribution in [1.82, 2.24) is 14.2 Å². The maximum Gasteiger partial charge on any atom is 0.407 e. The molecule has 1 fully saturated rings. The molecule has 0 spiro atoms. The van der Waals surface area contributed by atoms with Gasteiger partial charge in [0.05, 0.1) is 13.2 Å². The second-order valence-corrected chi connectivity index (χ2v) is 10.7. The summed E-state index contributed by atoms with van der Waals surface area (Å²) >= 11 is 0.978. The molecule has 2 heterocycles. The molecule has 1 aliphatic heterocycles. The molecule has 178 valence electrons. The van der Waals surface area contributed by atoms with Crippen molar-refractivity contribution in [2.75, 3.05) is 33.1 Å². The van der Waals surface area contributed by atoms with E-state index in [0.717, 1.165) is 22.5 Å². The predicted molar refractivity (Wildman–Crippen MR) is 115 cm³/mol. The van der Waals surface area contributed by atoms with Crippen molar-refractivity contribution in [2.24, 2.45) is 0 Å². The molecule has 1 aromatic heterocycles. The van der Waals surface area contributed by atoms with Gasteiger partial charge in [-0.25, -0.2) is 18.4 Å². The fraction of sp³-hybridized carbons (Fsp3) is 0.611. The quantitative estimate of drug-likeness (QED) is 0.283. The highest BCUT2D eigenvalue weighted by Gasteiger charge is 2.58. The highest BCUT2D eigenvalue weighted by atomic mass is 32.2. The van der Waals surface area contributed by atoms with Crippen LogP contribution in [0.4, 0.5) is 4.39 Å². The van der Waals surface area contributed by atoms with Crippen LogP contribution in [0.5, 0.6) is 0 Å². The first-order valence-electron chi connectivity index (χ1n) is 9.38. The van der Waals surface area contributed by atoms with E-state index in [1.165, 1.54) is 32.6 Å². The number of nitrogens with one attached hydrogen (secondary N) is 1. The number of aliphatic hydroxyl groups is 1. The van der Waals surface area contributed by atoms with Crippen LogP contribution in [0.15, 0.2) is 15.8 Å². The number of aromatic amines is 1. The summed E-state index contributed by atoms with van der Waals surface area (Å²) in [5.41, 5.74) is -4.40. The van der Waals surface area contributed by atoms with E-state index in [1.807, 2.05) is 10.9 Å². The van der Waals surface area contributed by atoms with Gasteiger partial charge in [0.25, 0.3) is 5.56 Å². The highest BCUT2D eigenvalue weighted by molar-refractivity contribution is 8.13. The molecule has 0 aliphatic carbocycles. The normalized spacial score (nSPS) is 27.2. The number of carbonyl (C=O) groups is 1. The summed E-state index contributed by atoms with van der Waals surface area (Å²) < 4.78 is 46.5. The number of hydrogen-bond donors (Lipinski definition) is 2. The minimum Gasteiger partial charge on any atom is -0.386 e. The Bertz CT molecular complexity index is 1050. The first-order valence-corrected chi connectivity index (χ1v) is 11.9. The van der Waals surface area contributed by atoms with Gasteiger partial charge in [-0.05, 0) is 21.0 Å². The third-order valence-corrected chi connectivity index (χ3v) is 7.34. The van der Waals surface area contributed by atoms with Gasteiger partial charge in [-0.1, -0.05) is 17.7 Å². The molecule has 2 unspecified atom stereocenters. The van der Waals surface area contributed by atoms with E-state index in [0.29, 0.717) is 0 Å². The van der Waals surface area contributed by atoms with Gasteiger partial charge in [-0.2, -0.15) is 0 Å². The van der Waals surface area contributed by atoms with Crippen molar-refractivity contribution in [3.63, 3.8) is 0 Å². The van der Waals surface area contributed by atoms with Crippen LogP contribution in [0, 0.1) is 19.3 Å². The average molecular weight is 493 g/mol. The number of hydrogen-bond acceptors (Lipinski definition) is 9. The predicted octanol–water partition coefficient (Wildman–Crippen LogP) is 0.427. The van der Waals surface area contributed by atoms with E-state index < -0.39 is 49.7 Å². The van der Waals surface area contributed by atoms with Gasteiger partial charge >= 0.3 is 13.4 Å². The number of carbonyl (C=O) groups excluding carboxylic acids is 1. The standard InChI is InChI=1S/C18H25FN3O8PS/c1-6-18(19)14(24)13(30-16(18)22-9-11(2)15(25)20-17(22)26)10-29-31(27,21(4)5)28-7-8-32-12(3)23/h1,9,13-14,16,24H,7-8,10H2,2-5H3,(H,20,25,26)/t13-,14?,16-,18+,31?/m1/s1. The van der Waals surface area contributed by atoms with Crippen molar-refractivity contribution in [3.8, 4) is 12.3 Å². The minimum absolute atomic E-state index is 0.0696. The van der Waals surface area contributed by atoms with Crippen molar-refractivity contribution in [2.45, 2.75) is 38.0 Å². The summed E-state index contributed by atoms with van der Waals surface area (Å²) in [4.78, 5) is 36.8. The fourth-order valence-corrected chi connectivity index (χ4v) is 4.62. The van der Waals surface area contributed by atoms with Crippen molar-refractivity contribution < 1.29 is 32.6 Å². The zero-order chi connectivity index (χ0) is 24.3. The maximum absolute atomic E-state index is 15.5. The maximum atomic E-state index is 15.5. The lowest BCUT2D eigenvalue weighted by atomic mass is 9.97. The third kappa shape index (κ3) is 5.58. The number of rotatable bonds is 9. The van der Waals surface area contributed by atoms with E-state index in [4.69, 9.17) is 20.2 Å². The molecule has 0 bridgehead atoms. The molecule has 1 aliphatic rings. The molecule has 14 heteroatoms. The topological polar surface area (TPSA) is 140 Å². The zero-order valence-electron chi connectivity index (χ0n) is 17.9. The lowest BCUT2D eigenvalue weighted by Gasteiger charge is -2.25. The molecule has 1 aromatic rings. The SMILES string of the molecule is C#C[C@]1(F)C(O)[C@@H](COP(=O)(OCCSC(C)=O)N(C)C)O[C@H]1n1cc(C)c(=O)[nH]c1=O. The molecule has 32 heavy (non-hydrogen) atoms. The Morgan fingerprint density at radius 1 is 1.50 bits per heavy atom. The largest absolute Gasteiger partial charge is 0.407 e. The Hall–Kier alpha value is -1.78. The molecule has 5 atom stereocenters. The van der Waals surface area contributed by atoms with Gasteiger partial charge < -0.3 is 9.84 Å². The molecule has 2 N–H and O–H groups in total. The smallest absolute Gasteiger partial charge is 0.386 e. The summed E-state index contributed by atoms with van der Waals surface area (Å²) in [5.74, 6) is 2.04. The Labute approximate surface area is 187 Å². The van der Waals surface area contributed by atoms with Crippen LogP contribution in [0.2, 0.25) is 0 Å². The number of H-pyrrole nitrogens is 1. The van der Waals surface area contributed by atoms with Crippen LogP contribution in [-0.4, -0.2) is 75.4 Å². The second-order valence-electron chi connectivity index (χ2n) is 7.15. The number of thioether (sulfide) groups is 1. The molecule has 0 aromatic carbocycles. The molecule has 11 nitrogen and oxygen atoms in total. The van der Waals surface area contributed by atoms with Gasteiger partial charge in [0.15, 0.2) is 11.3 Å². The Morgan fingerprint density at radius 3 is 2.72 bits per heavy atom. The summed E-state index contributed by atoms with van der Waals surface area (Å²) in [6, 6.07) is 0. The van der Waals surface area contributed by atoms with E-state index in [9.17, 15) is 24.1 Å². The molecule has 2 rings (SSSR count). The number of nitrogens with zero attached hydrogens (tertiary/aromatic N) is 2. The lowest BCUT2D eigenvalue weighted by molar-refractivity contribution is -0.109. The Morgan fingerprint density at radius 2 is 2.16 bits per heavy atom.